The molecule has 2 N–H and O–H groups in total. The molecule has 2 aromatic carbocycles. The number of β-amino-alcohol motifs (C(OH)–C–C–N with tert-alkyl or cyclic N) is 1. The van der Waals surface area contributed by atoms with Crippen LogP contribution in [-0.4, -0.2) is 98.4 Å². The molecule has 3 saturated heterocycles. The van der Waals surface area contributed by atoms with E-state index in [2.05, 4.69) is 10.8 Å². The van der Waals surface area contributed by atoms with E-state index in [1.165, 1.54) is 24.3 Å². The summed E-state index contributed by atoms with van der Waals surface area (Å²) in [5.74, 6) is 2.42. The first-order valence-electron chi connectivity index (χ1n) is 16.2. The van der Waals surface area contributed by atoms with Crippen LogP contribution in [0.15, 0.2) is 24.3 Å². The van der Waals surface area contributed by atoms with Gasteiger partial charge >= 0.3 is 12.0 Å². The summed E-state index contributed by atoms with van der Waals surface area (Å²) in [4.78, 5) is 18.6. The molecule has 5 heterocycles. The predicted octanol–water partition coefficient (Wildman–Crippen LogP) is 4.48. The topological polar surface area (TPSA) is 118 Å². The summed E-state index contributed by atoms with van der Waals surface area (Å²) in [7, 11) is 0. The van der Waals surface area contributed by atoms with Crippen LogP contribution in [0.25, 0.3) is 21.9 Å². The Hall–Kier alpha value is -4.25. The number of alkyl halides is 1. The van der Waals surface area contributed by atoms with Gasteiger partial charge in [-0.3, -0.25) is 9.47 Å². The van der Waals surface area contributed by atoms with Gasteiger partial charge in [0.2, 0.25) is 0 Å². The molecule has 13 heteroatoms. The molecule has 1 unspecified atom stereocenters. The molecule has 4 aliphatic rings. The van der Waals surface area contributed by atoms with Crippen molar-refractivity contribution >= 4 is 27.8 Å². The Morgan fingerprint density at radius 3 is 2.81 bits per heavy atom. The van der Waals surface area contributed by atoms with Crippen LogP contribution in [0.4, 0.5) is 14.6 Å². The monoisotopic (exact) mass is 646 g/mol. The summed E-state index contributed by atoms with van der Waals surface area (Å²) in [6.07, 6.45) is 9.03. The molecule has 0 bridgehead atoms. The van der Waals surface area contributed by atoms with Gasteiger partial charge in [0, 0.05) is 43.5 Å². The minimum atomic E-state index is -0.897. The minimum Gasteiger partial charge on any atom is -0.508 e. The van der Waals surface area contributed by atoms with Crippen molar-refractivity contribution in [1.82, 2.24) is 24.4 Å². The third-order valence-corrected chi connectivity index (χ3v) is 10.1. The molecule has 8 rings (SSSR count). The Balaban J connectivity index is 1.26. The first-order valence-corrected chi connectivity index (χ1v) is 16.2. The number of terminal acetylenes is 1. The average molecular weight is 647 g/mol. The Morgan fingerprint density at radius 2 is 2.00 bits per heavy atom. The first-order chi connectivity index (χ1) is 22.8. The number of aliphatic hydroxyl groups excluding tert-OH is 1. The number of fused-ring (bicyclic) bond motifs is 3. The van der Waals surface area contributed by atoms with E-state index in [1.54, 1.807) is 0 Å². The summed E-state index contributed by atoms with van der Waals surface area (Å²) in [5, 5.41) is 22.1. The zero-order valence-corrected chi connectivity index (χ0v) is 25.9. The van der Waals surface area contributed by atoms with Crippen molar-refractivity contribution in [2.24, 2.45) is 0 Å². The van der Waals surface area contributed by atoms with Gasteiger partial charge in [0.05, 0.1) is 30.4 Å². The van der Waals surface area contributed by atoms with Crippen LogP contribution in [0.5, 0.6) is 23.5 Å². The second kappa shape index (κ2) is 11.8. The number of hydrogen-bond donors (Lipinski definition) is 2. The third-order valence-electron chi connectivity index (χ3n) is 10.1. The van der Waals surface area contributed by atoms with Gasteiger partial charge in [-0.2, -0.15) is 15.0 Å². The van der Waals surface area contributed by atoms with Crippen LogP contribution in [0.3, 0.4) is 0 Å². The summed E-state index contributed by atoms with van der Waals surface area (Å²) in [5.41, 5.74) is 0.533. The van der Waals surface area contributed by atoms with Crippen molar-refractivity contribution in [3.63, 3.8) is 0 Å². The maximum atomic E-state index is 14.9. The molecular weight excluding hydrogens is 610 g/mol. The van der Waals surface area contributed by atoms with Gasteiger partial charge < -0.3 is 29.3 Å². The van der Waals surface area contributed by atoms with E-state index in [9.17, 15) is 19.0 Å². The van der Waals surface area contributed by atoms with Crippen molar-refractivity contribution < 1.29 is 33.2 Å². The zero-order valence-electron chi connectivity index (χ0n) is 25.9. The van der Waals surface area contributed by atoms with Gasteiger partial charge in [-0.1, -0.05) is 12.0 Å². The number of phenolic OH excluding ortho intramolecular Hbond substituents is 1. The van der Waals surface area contributed by atoms with Crippen molar-refractivity contribution in [2.75, 3.05) is 50.9 Å². The molecule has 4 aromatic rings. The second-order valence-electron chi connectivity index (χ2n) is 13.1. The van der Waals surface area contributed by atoms with E-state index >= 15 is 0 Å². The van der Waals surface area contributed by atoms with E-state index in [1.807, 2.05) is 9.47 Å². The second-order valence-corrected chi connectivity index (χ2v) is 13.1. The Labute approximate surface area is 270 Å². The number of hydrogen-bond acceptors (Lipinski definition) is 10. The largest absolute Gasteiger partial charge is 0.508 e. The molecule has 3 atom stereocenters. The summed E-state index contributed by atoms with van der Waals surface area (Å²) in [6, 6.07) is 5.97. The fourth-order valence-electron chi connectivity index (χ4n) is 7.63. The van der Waals surface area contributed by atoms with Gasteiger partial charge in [0.25, 0.3) is 0 Å². The lowest BCUT2D eigenvalue weighted by atomic mass is 9.93. The third kappa shape index (κ3) is 5.28. The molecule has 11 nitrogen and oxygen atoms in total. The number of nitrogens with zero attached hydrogens (tertiary/aromatic N) is 6. The quantitative estimate of drug-likeness (QED) is 0.279. The Kier molecular flexibility index (Phi) is 7.54. The van der Waals surface area contributed by atoms with E-state index in [-0.39, 0.29) is 54.9 Å². The van der Waals surface area contributed by atoms with E-state index in [0.29, 0.717) is 53.9 Å². The molecule has 4 fully saturated rings. The highest BCUT2D eigenvalue weighted by Crippen LogP contribution is 2.44. The van der Waals surface area contributed by atoms with Crippen LogP contribution in [0, 0.1) is 18.2 Å². The van der Waals surface area contributed by atoms with Crippen LogP contribution in [0.2, 0.25) is 0 Å². The lowest BCUT2D eigenvalue weighted by molar-refractivity contribution is 0.0597. The average Bonchev–Trinajstić information content (AvgIpc) is 3.60. The SMILES string of the molecule is C#Cc1c(F)ccc2cc(O)cc(Oc3nc4nc(OC[C@@]56CCCN5C[C@H](F)C6)nc(N5CCOCC(O)C5)c4n3C3CCC3)c12. The number of phenols is 1. The van der Waals surface area contributed by atoms with Crippen LogP contribution >= 0.6 is 0 Å². The fraction of sp³-hybridized carbons (Fsp3) is 0.500. The molecule has 246 valence electrons. The molecule has 2 aromatic heterocycles. The number of benzene rings is 2. The lowest BCUT2D eigenvalue weighted by Gasteiger charge is -2.31. The fourth-order valence-corrected chi connectivity index (χ4v) is 7.63. The predicted molar refractivity (Wildman–Crippen MR) is 169 cm³/mol. The molecule has 0 radical (unpaired) electrons. The number of ether oxygens (including phenoxy) is 3. The van der Waals surface area contributed by atoms with Crippen molar-refractivity contribution in [1.29, 1.82) is 0 Å². The van der Waals surface area contributed by atoms with Crippen molar-refractivity contribution in [3.8, 4) is 35.9 Å². The maximum Gasteiger partial charge on any atom is 0.320 e. The number of aliphatic hydroxyl groups is 1. The molecule has 47 heavy (non-hydrogen) atoms. The van der Waals surface area contributed by atoms with Crippen molar-refractivity contribution in [3.05, 3.63) is 35.6 Å². The van der Waals surface area contributed by atoms with Crippen molar-refractivity contribution in [2.45, 2.75) is 62.4 Å². The molecule has 3 aliphatic heterocycles. The summed E-state index contributed by atoms with van der Waals surface area (Å²) < 4.78 is 49.7. The number of imidazole rings is 1. The number of rotatable bonds is 7. The highest BCUT2D eigenvalue weighted by atomic mass is 19.1. The van der Waals surface area contributed by atoms with Gasteiger partial charge in [-0.25, -0.2) is 8.78 Å². The van der Waals surface area contributed by atoms with E-state index < -0.39 is 23.6 Å². The molecular formula is C34H36F2N6O5. The summed E-state index contributed by atoms with van der Waals surface area (Å²) in [6.45, 7) is 2.78. The van der Waals surface area contributed by atoms with E-state index in [4.69, 9.17) is 35.6 Å². The van der Waals surface area contributed by atoms with Gasteiger partial charge in [0.1, 0.15) is 35.6 Å². The standard InChI is InChI=1S/C34H36F2N6O5/c1-2-25-26(36)8-7-20-13-23(43)14-27(28(20)25)47-33-38-30-29(42(33)22-5-3-6-22)31(40-11-12-45-18-24(44)17-40)39-32(37-30)46-19-34-9-4-10-41(34)16-21(35)15-34/h1,7-8,13-14,21-22,24,43-44H,3-6,9-12,15-19H2/t21-,24?,34+/m1/s1. The van der Waals surface area contributed by atoms with E-state index in [0.717, 1.165) is 38.6 Å². The lowest BCUT2D eigenvalue weighted by Crippen LogP contribution is -2.43. The van der Waals surface area contributed by atoms with Crippen LogP contribution in [0.1, 0.15) is 50.1 Å². The molecule has 0 amide bonds. The minimum absolute atomic E-state index is 0.00981. The van der Waals surface area contributed by atoms with Gasteiger partial charge in [-0.15, -0.1) is 6.42 Å². The van der Waals surface area contributed by atoms with Crippen LogP contribution in [-0.2, 0) is 4.74 Å². The van der Waals surface area contributed by atoms with Crippen LogP contribution < -0.4 is 14.4 Å². The molecule has 1 saturated carbocycles. The maximum absolute atomic E-state index is 14.9. The number of anilines is 1. The van der Waals surface area contributed by atoms with Gasteiger partial charge in [-0.05, 0) is 56.2 Å². The number of halogens is 2. The summed E-state index contributed by atoms with van der Waals surface area (Å²) >= 11 is 0. The zero-order chi connectivity index (χ0) is 32.3. The smallest absolute Gasteiger partial charge is 0.320 e. The highest BCUT2D eigenvalue weighted by Gasteiger charge is 2.49. The molecule has 0 spiro atoms. The highest BCUT2D eigenvalue weighted by molar-refractivity contribution is 5.95. The van der Waals surface area contributed by atoms with Gasteiger partial charge in [0.15, 0.2) is 11.5 Å². The normalized spacial score (nSPS) is 25.1. The number of aromatic hydroxyl groups is 1. The molecule has 1 aliphatic carbocycles. The number of aromatic nitrogens is 4. The Bertz CT molecular complexity index is 1890. The first kappa shape index (κ1) is 30.1. The Morgan fingerprint density at radius 1 is 1.13 bits per heavy atom.